The van der Waals surface area contributed by atoms with E-state index in [1.54, 1.807) is 0 Å². The number of fused-ring (bicyclic) bond motifs is 1. The van der Waals surface area contributed by atoms with Gasteiger partial charge in [0.15, 0.2) is 0 Å². The lowest BCUT2D eigenvalue weighted by atomic mass is 10.2. The van der Waals surface area contributed by atoms with Crippen LogP contribution in [0, 0.1) is 6.92 Å². The van der Waals surface area contributed by atoms with Crippen LogP contribution < -0.4 is 10.1 Å². The number of benzene rings is 3. The minimum absolute atomic E-state index is 0.0615. The number of carbonyl (C=O) groups is 1. The SMILES string of the molecule is Cc1ccc(OCc2nc3ccccc3n2CC(=O)NCc2ccccc2)cc1. The Balaban J connectivity index is 1.50. The molecule has 0 saturated heterocycles. The summed E-state index contributed by atoms with van der Waals surface area (Å²) in [4.78, 5) is 17.3. The van der Waals surface area contributed by atoms with Gasteiger partial charge in [-0.2, -0.15) is 0 Å². The van der Waals surface area contributed by atoms with E-state index >= 15 is 0 Å². The van der Waals surface area contributed by atoms with Crippen molar-refractivity contribution in [1.82, 2.24) is 14.9 Å². The van der Waals surface area contributed by atoms with Gasteiger partial charge in [0.1, 0.15) is 24.7 Å². The fourth-order valence-electron chi connectivity index (χ4n) is 3.19. The lowest BCUT2D eigenvalue weighted by molar-refractivity contribution is -0.121. The Labute approximate surface area is 170 Å². The highest BCUT2D eigenvalue weighted by Crippen LogP contribution is 2.19. The maximum atomic E-state index is 12.6. The van der Waals surface area contributed by atoms with Crippen molar-refractivity contribution in [2.75, 3.05) is 0 Å². The molecule has 0 aliphatic rings. The zero-order valence-corrected chi connectivity index (χ0v) is 16.3. The number of hydrogen-bond donors (Lipinski definition) is 1. The van der Waals surface area contributed by atoms with Gasteiger partial charge in [-0.3, -0.25) is 4.79 Å². The predicted octanol–water partition coefficient (Wildman–Crippen LogP) is 4.24. The van der Waals surface area contributed by atoms with Crippen LogP contribution in [0.3, 0.4) is 0 Å². The molecule has 0 aliphatic heterocycles. The average Bonchev–Trinajstić information content (AvgIpc) is 3.10. The van der Waals surface area contributed by atoms with E-state index in [4.69, 9.17) is 4.74 Å². The van der Waals surface area contributed by atoms with Crippen molar-refractivity contribution < 1.29 is 9.53 Å². The largest absolute Gasteiger partial charge is 0.486 e. The summed E-state index contributed by atoms with van der Waals surface area (Å²) in [5.74, 6) is 1.44. The number of para-hydroxylation sites is 2. The molecule has 1 amide bonds. The van der Waals surface area contributed by atoms with Gasteiger partial charge in [0, 0.05) is 6.54 Å². The highest BCUT2D eigenvalue weighted by molar-refractivity contribution is 5.81. The van der Waals surface area contributed by atoms with Crippen molar-refractivity contribution in [1.29, 1.82) is 0 Å². The number of aromatic nitrogens is 2. The standard InChI is InChI=1S/C24H23N3O2/c1-18-11-13-20(14-12-18)29-17-23-26-21-9-5-6-10-22(21)27(23)16-24(28)25-15-19-7-3-2-4-8-19/h2-14H,15-17H2,1H3,(H,25,28). The second kappa shape index (κ2) is 8.61. The van der Waals surface area contributed by atoms with Crippen LogP contribution in [0.15, 0.2) is 78.9 Å². The molecule has 0 aliphatic carbocycles. The van der Waals surface area contributed by atoms with Gasteiger partial charge in [-0.05, 0) is 36.8 Å². The third-order valence-corrected chi connectivity index (χ3v) is 4.76. The normalized spacial score (nSPS) is 10.8. The highest BCUT2D eigenvalue weighted by Gasteiger charge is 2.14. The number of hydrogen-bond acceptors (Lipinski definition) is 3. The Hall–Kier alpha value is -3.60. The zero-order valence-electron chi connectivity index (χ0n) is 16.3. The number of rotatable bonds is 7. The summed E-state index contributed by atoms with van der Waals surface area (Å²) in [7, 11) is 0. The summed E-state index contributed by atoms with van der Waals surface area (Å²) in [5.41, 5.74) is 4.02. The monoisotopic (exact) mass is 385 g/mol. The van der Waals surface area contributed by atoms with E-state index in [1.165, 1.54) is 5.56 Å². The Kier molecular flexibility index (Phi) is 5.56. The number of imidazole rings is 1. The molecule has 5 heteroatoms. The van der Waals surface area contributed by atoms with E-state index < -0.39 is 0 Å². The van der Waals surface area contributed by atoms with Crippen LogP contribution in [0.25, 0.3) is 11.0 Å². The van der Waals surface area contributed by atoms with Crippen LogP contribution >= 0.6 is 0 Å². The second-order valence-corrected chi connectivity index (χ2v) is 6.97. The van der Waals surface area contributed by atoms with Gasteiger partial charge in [-0.1, -0.05) is 60.2 Å². The van der Waals surface area contributed by atoms with Crippen molar-refractivity contribution in [3.8, 4) is 5.75 Å². The molecule has 29 heavy (non-hydrogen) atoms. The maximum Gasteiger partial charge on any atom is 0.240 e. The summed E-state index contributed by atoms with van der Waals surface area (Å²) < 4.78 is 7.83. The van der Waals surface area contributed by atoms with Gasteiger partial charge in [0.05, 0.1) is 11.0 Å². The van der Waals surface area contributed by atoms with Crippen molar-refractivity contribution >= 4 is 16.9 Å². The minimum Gasteiger partial charge on any atom is -0.486 e. The summed E-state index contributed by atoms with van der Waals surface area (Å²) in [6.07, 6.45) is 0. The molecule has 0 unspecified atom stereocenters. The molecule has 0 fully saturated rings. The van der Waals surface area contributed by atoms with Crippen molar-refractivity contribution in [2.24, 2.45) is 0 Å². The summed E-state index contributed by atoms with van der Waals surface area (Å²) in [6.45, 7) is 3.03. The lowest BCUT2D eigenvalue weighted by Gasteiger charge is -2.11. The fraction of sp³-hybridized carbons (Fsp3) is 0.167. The number of nitrogens with one attached hydrogen (secondary N) is 1. The van der Waals surface area contributed by atoms with Gasteiger partial charge in [0.25, 0.3) is 0 Å². The van der Waals surface area contributed by atoms with E-state index in [2.05, 4.69) is 10.3 Å². The molecule has 0 spiro atoms. The van der Waals surface area contributed by atoms with Crippen LogP contribution in [-0.2, 0) is 24.5 Å². The van der Waals surface area contributed by atoms with E-state index in [-0.39, 0.29) is 12.5 Å². The zero-order chi connectivity index (χ0) is 20.1. The predicted molar refractivity (Wildman–Crippen MR) is 114 cm³/mol. The molecule has 4 aromatic rings. The van der Waals surface area contributed by atoms with Crippen molar-refractivity contribution in [2.45, 2.75) is 26.6 Å². The lowest BCUT2D eigenvalue weighted by Crippen LogP contribution is -2.28. The van der Waals surface area contributed by atoms with Crippen LogP contribution in [0.1, 0.15) is 17.0 Å². The van der Waals surface area contributed by atoms with E-state index in [0.29, 0.717) is 13.2 Å². The summed E-state index contributed by atoms with van der Waals surface area (Å²) >= 11 is 0. The van der Waals surface area contributed by atoms with Gasteiger partial charge >= 0.3 is 0 Å². The summed E-state index contributed by atoms with van der Waals surface area (Å²) in [6, 6.07) is 25.6. The third-order valence-electron chi connectivity index (χ3n) is 4.76. The molecule has 146 valence electrons. The van der Waals surface area contributed by atoms with E-state index in [1.807, 2.05) is 90.4 Å². The molecule has 4 rings (SSSR count). The van der Waals surface area contributed by atoms with Gasteiger partial charge in [-0.15, -0.1) is 0 Å². The topological polar surface area (TPSA) is 56.2 Å². The Morgan fingerprint density at radius 1 is 0.966 bits per heavy atom. The molecular weight excluding hydrogens is 362 g/mol. The molecule has 0 saturated carbocycles. The first-order chi connectivity index (χ1) is 14.2. The first-order valence-electron chi connectivity index (χ1n) is 9.63. The molecule has 0 bridgehead atoms. The van der Waals surface area contributed by atoms with Crippen LogP contribution in [-0.4, -0.2) is 15.5 Å². The summed E-state index contributed by atoms with van der Waals surface area (Å²) in [5, 5.41) is 2.98. The Bertz CT molecular complexity index is 1100. The van der Waals surface area contributed by atoms with Crippen LogP contribution in [0.4, 0.5) is 0 Å². The van der Waals surface area contributed by atoms with Gasteiger partial charge in [0.2, 0.25) is 5.91 Å². The number of nitrogens with zero attached hydrogens (tertiary/aromatic N) is 2. The first kappa shape index (κ1) is 18.7. The molecular formula is C24H23N3O2. The van der Waals surface area contributed by atoms with Crippen molar-refractivity contribution in [3.63, 3.8) is 0 Å². The maximum absolute atomic E-state index is 12.6. The molecule has 1 N–H and O–H groups in total. The van der Waals surface area contributed by atoms with E-state index in [9.17, 15) is 4.79 Å². The quantitative estimate of drug-likeness (QED) is 0.518. The molecule has 3 aromatic carbocycles. The number of amides is 1. The number of aryl methyl sites for hydroxylation is 1. The van der Waals surface area contributed by atoms with Crippen molar-refractivity contribution in [3.05, 3.63) is 95.8 Å². The number of carbonyl (C=O) groups excluding carboxylic acids is 1. The fourth-order valence-corrected chi connectivity index (χ4v) is 3.19. The average molecular weight is 385 g/mol. The molecule has 0 radical (unpaired) electrons. The highest BCUT2D eigenvalue weighted by atomic mass is 16.5. The second-order valence-electron chi connectivity index (χ2n) is 6.97. The van der Waals surface area contributed by atoms with E-state index in [0.717, 1.165) is 28.2 Å². The smallest absolute Gasteiger partial charge is 0.240 e. The van der Waals surface area contributed by atoms with Gasteiger partial charge < -0.3 is 14.6 Å². The first-order valence-corrected chi connectivity index (χ1v) is 9.63. The van der Waals surface area contributed by atoms with Crippen LogP contribution in [0.2, 0.25) is 0 Å². The van der Waals surface area contributed by atoms with Gasteiger partial charge in [-0.25, -0.2) is 4.98 Å². The Morgan fingerprint density at radius 3 is 2.48 bits per heavy atom. The molecule has 1 heterocycles. The molecule has 1 aromatic heterocycles. The molecule has 5 nitrogen and oxygen atoms in total. The minimum atomic E-state index is -0.0615. The Morgan fingerprint density at radius 2 is 1.69 bits per heavy atom. The molecule has 0 atom stereocenters. The van der Waals surface area contributed by atoms with Crippen LogP contribution in [0.5, 0.6) is 5.75 Å². The third kappa shape index (κ3) is 4.63. The number of ether oxygens (including phenoxy) is 1.